The van der Waals surface area contributed by atoms with Crippen molar-refractivity contribution in [3.63, 3.8) is 0 Å². The molecule has 0 aliphatic heterocycles. The number of carboxylic acid groups (broad SMARTS) is 1. The lowest BCUT2D eigenvalue weighted by atomic mass is 9.42. The summed E-state index contributed by atoms with van der Waals surface area (Å²) >= 11 is 0. The van der Waals surface area contributed by atoms with Gasteiger partial charge in [-0.2, -0.15) is 0 Å². The molecule has 1 N–H and O–H groups in total. The second-order valence-corrected chi connectivity index (χ2v) is 6.90. The second kappa shape index (κ2) is 2.96. The van der Waals surface area contributed by atoms with Crippen LogP contribution in [0.4, 0.5) is 0 Å². The van der Waals surface area contributed by atoms with Crippen molar-refractivity contribution in [3.05, 3.63) is 12.2 Å². The largest absolute Gasteiger partial charge is 0.481 e. The maximum absolute atomic E-state index is 11.9. The lowest BCUT2D eigenvalue weighted by Crippen LogP contribution is -2.59. The van der Waals surface area contributed by atoms with Crippen molar-refractivity contribution < 1.29 is 9.90 Å². The van der Waals surface area contributed by atoms with Gasteiger partial charge in [0.1, 0.15) is 0 Å². The van der Waals surface area contributed by atoms with Gasteiger partial charge in [0.2, 0.25) is 0 Å². The fourth-order valence-electron chi connectivity index (χ4n) is 5.03. The molecule has 2 nitrogen and oxygen atoms in total. The third-order valence-corrected chi connectivity index (χ3v) is 6.62. The summed E-state index contributed by atoms with van der Waals surface area (Å²) in [6.07, 6.45) is 9.10. The van der Waals surface area contributed by atoms with Gasteiger partial charge in [-0.1, -0.05) is 26.0 Å². The van der Waals surface area contributed by atoms with Crippen LogP contribution in [0.5, 0.6) is 0 Å². The molecule has 5 atom stereocenters. The zero-order chi connectivity index (χ0) is 12.5. The van der Waals surface area contributed by atoms with Gasteiger partial charge in [0.05, 0.1) is 5.41 Å². The quantitative estimate of drug-likeness (QED) is 0.705. The Kier molecular flexibility index (Phi) is 1.97. The normalized spacial score (nSPS) is 55.9. The Morgan fingerprint density at radius 2 is 1.94 bits per heavy atom. The predicted octanol–water partition coefficient (Wildman–Crippen LogP) is 3.48. The summed E-state index contributed by atoms with van der Waals surface area (Å²) in [5.41, 5.74) is -0.523. The summed E-state index contributed by atoms with van der Waals surface area (Å²) in [7, 11) is 0. The van der Waals surface area contributed by atoms with Gasteiger partial charge in [0, 0.05) is 5.41 Å². The SMILES string of the molecule is C[C@H]1CC[C@H]2[C@@]13C=C[C@@](C)(CC3)[C@]2(C)C(=O)O. The van der Waals surface area contributed by atoms with Crippen LogP contribution in [0, 0.1) is 28.1 Å². The predicted molar refractivity (Wildman–Crippen MR) is 66.5 cm³/mol. The molecule has 2 heteroatoms. The van der Waals surface area contributed by atoms with E-state index in [2.05, 4.69) is 26.0 Å². The highest BCUT2D eigenvalue weighted by molar-refractivity contribution is 5.77. The first-order chi connectivity index (χ1) is 7.87. The van der Waals surface area contributed by atoms with E-state index in [1.165, 1.54) is 12.8 Å². The van der Waals surface area contributed by atoms with Crippen LogP contribution >= 0.6 is 0 Å². The van der Waals surface area contributed by atoms with Gasteiger partial charge < -0.3 is 5.11 Å². The van der Waals surface area contributed by atoms with Crippen molar-refractivity contribution in [1.82, 2.24) is 0 Å². The van der Waals surface area contributed by atoms with E-state index >= 15 is 0 Å². The van der Waals surface area contributed by atoms with E-state index in [-0.39, 0.29) is 10.8 Å². The molecular formula is C15H22O2. The average molecular weight is 234 g/mol. The molecule has 17 heavy (non-hydrogen) atoms. The number of carboxylic acids is 1. The maximum Gasteiger partial charge on any atom is 0.310 e. The number of allylic oxidation sites excluding steroid dienone is 2. The lowest BCUT2D eigenvalue weighted by Gasteiger charge is -2.61. The van der Waals surface area contributed by atoms with Gasteiger partial charge >= 0.3 is 5.97 Å². The van der Waals surface area contributed by atoms with Gasteiger partial charge in [0.25, 0.3) is 0 Å². The van der Waals surface area contributed by atoms with Gasteiger partial charge in [-0.15, -0.1) is 0 Å². The van der Waals surface area contributed by atoms with Gasteiger partial charge in [-0.05, 0) is 49.9 Å². The summed E-state index contributed by atoms with van der Waals surface area (Å²) in [4.78, 5) is 11.9. The maximum atomic E-state index is 11.9. The molecule has 2 fully saturated rings. The van der Waals surface area contributed by atoms with Gasteiger partial charge in [-0.3, -0.25) is 4.79 Å². The van der Waals surface area contributed by atoms with Crippen molar-refractivity contribution in [1.29, 1.82) is 0 Å². The molecule has 2 saturated carbocycles. The molecule has 1 spiro atoms. The summed E-state index contributed by atoms with van der Waals surface area (Å²) in [6, 6.07) is 0. The summed E-state index contributed by atoms with van der Waals surface area (Å²) in [5, 5.41) is 9.78. The Hall–Kier alpha value is -0.790. The molecule has 2 bridgehead atoms. The van der Waals surface area contributed by atoms with E-state index < -0.39 is 11.4 Å². The van der Waals surface area contributed by atoms with Crippen molar-refractivity contribution in [2.75, 3.05) is 0 Å². The average Bonchev–Trinajstić information content (AvgIpc) is 2.61. The van der Waals surface area contributed by atoms with Crippen LogP contribution in [0.3, 0.4) is 0 Å². The van der Waals surface area contributed by atoms with Crippen molar-refractivity contribution in [2.45, 2.75) is 46.5 Å². The van der Waals surface area contributed by atoms with Crippen LogP contribution in [-0.2, 0) is 4.79 Å². The fourth-order valence-corrected chi connectivity index (χ4v) is 5.03. The molecule has 0 radical (unpaired) electrons. The van der Waals surface area contributed by atoms with E-state index in [9.17, 15) is 9.90 Å². The van der Waals surface area contributed by atoms with Crippen molar-refractivity contribution in [3.8, 4) is 0 Å². The molecule has 0 aromatic carbocycles. The fraction of sp³-hybridized carbons (Fsp3) is 0.800. The first kappa shape index (κ1) is 11.3. The lowest BCUT2D eigenvalue weighted by molar-refractivity contribution is -0.173. The number of aliphatic carboxylic acids is 1. The van der Waals surface area contributed by atoms with Gasteiger partial charge in [0.15, 0.2) is 0 Å². The molecule has 0 aromatic heterocycles. The van der Waals surface area contributed by atoms with E-state index in [4.69, 9.17) is 0 Å². The van der Waals surface area contributed by atoms with E-state index in [1.807, 2.05) is 6.92 Å². The Bertz CT molecular complexity index is 413. The second-order valence-electron chi connectivity index (χ2n) is 6.90. The highest BCUT2D eigenvalue weighted by Gasteiger charge is 2.68. The Balaban J connectivity index is 2.20. The van der Waals surface area contributed by atoms with Crippen LogP contribution in [0.2, 0.25) is 0 Å². The number of hydrogen-bond donors (Lipinski definition) is 1. The van der Waals surface area contributed by atoms with Crippen LogP contribution in [-0.4, -0.2) is 11.1 Å². The minimum atomic E-state index is -0.590. The molecule has 4 aliphatic rings. The van der Waals surface area contributed by atoms with Crippen molar-refractivity contribution >= 4 is 5.97 Å². The monoisotopic (exact) mass is 234 g/mol. The first-order valence-corrected chi connectivity index (χ1v) is 6.81. The smallest absolute Gasteiger partial charge is 0.310 e. The standard InChI is InChI=1S/C15H22O2/c1-10-4-5-11-14(3,12(16)17)13(2)6-8-15(10,11)9-7-13/h6,8,10-11H,4-5,7,9H2,1-3H3,(H,16,17)/t10-,11+,13-,14-,15+/m0/s1. The molecule has 0 saturated heterocycles. The molecule has 0 amide bonds. The first-order valence-electron chi connectivity index (χ1n) is 6.81. The third kappa shape index (κ3) is 1.01. The summed E-state index contributed by atoms with van der Waals surface area (Å²) in [6.45, 7) is 6.44. The minimum Gasteiger partial charge on any atom is -0.481 e. The Morgan fingerprint density at radius 1 is 1.24 bits per heavy atom. The number of carbonyl (C=O) groups is 1. The summed E-state index contributed by atoms with van der Waals surface area (Å²) in [5.74, 6) is 0.394. The van der Waals surface area contributed by atoms with Crippen molar-refractivity contribution in [2.24, 2.45) is 28.1 Å². The Morgan fingerprint density at radius 3 is 2.47 bits per heavy atom. The highest BCUT2D eigenvalue weighted by atomic mass is 16.4. The van der Waals surface area contributed by atoms with Crippen LogP contribution in [0.1, 0.15) is 46.5 Å². The molecule has 4 rings (SSSR count). The molecule has 94 valence electrons. The van der Waals surface area contributed by atoms with Crippen LogP contribution in [0.25, 0.3) is 0 Å². The number of hydrogen-bond acceptors (Lipinski definition) is 1. The molecule has 0 aromatic rings. The highest BCUT2D eigenvalue weighted by Crippen LogP contribution is 2.71. The molecule has 4 aliphatic carbocycles. The van der Waals surface area contributed by atoms with Crippen LogP contribution < -0.4 is 0 Å². The summed E-state index contributed by atoms with van der Waals surface area (Å²) < 4.78 is 0. The number of rotatable bonds is 1. The number of fused-ring (bicyclic) bond motifs is 1. The molecular weight excluding hydrogens is 212 g/mol. The van der Waals surface area contributed by atoms with Gasteiger partial charge in [-0.25, -0.2) is 0 Å². The zero-order valence-corrected chi connectivity index (χ0v) is 11.0. The third-order valence-electron chi connectivity index (χ3n) is 6.62. The zero-order valence-electron chi connectivity index (χ0n) is 11.0. The van der Waals surface area contributed by atoms with Crippen LogP contribution in [0.15, 0.2) is 12.2 Å². The topological polar surface area (TPSA) is 37.3 Å². The minimum absolute atomic E-state index is 0.144. The molecule has 0 heterocycles. The molecule has 0 unspecified atom stereocenters. The van der Waals surface area contributed by atoms with E-state index in [0.717, 1.165) is 12.8 Å². The Labute approximate surface area is 103 Å². The van der Waals surface area contributed by atoms with E-state index in [1.54, 1.807) is 0 Å². The van der Waals surface area contributed by atoms with E-state index in [0.29, 0.717) is 11.8 Å².